The van der Waals surface area contributed by atoms with E-state index in [4.69, 9.17) is 4.74 Å². The van der Waals surface area contributed by atoms with Crippen LogP contribution >= 0.6 is 0 Å². The van der Waals surface area contributed by atoms with Crippen LogP contribution in [0.2, 0.25) is 0 Å². The van der Waals surface area contributed by atoms with Crippen LogP contribution in [0.4, 0.5) is 0 Å². The van der Waals surface area contributed by atoms with Crippen molar-refractivity contribution in [1.29, 1.82) is 0 Å². The van der Waals surface area contributed by atoms with Gasteiger partial charge in [0, 0.05) is 30.3 Å². The van der Waals surface area contributed by atoms with Crippen molar-refractivity contribution in [2.24, 2.45) is 0 Å². The molecule has 0 amide bonds. The summed E-state index contributed by atoms with van der Waals surface area (Å²) in [6.45, 7) is 11.0. The number of carbonyl (C=O) groups excluding carboxylic acids is 1. The van der Waals surface area contributed by atoms with Crippen LogP contribution in [0.1, 0.15) is 112 Å². The normalized spacial score (nSPS) is 20.0. The number of ether oxygens (including phenoxy) is 1. The predicted molar refractivity (Wildman–Crippen MR) is 102 cm³/mol. The Morgan fingerprint density at radius 1 is 0.875 bits per heavy atom. The van der Waals surface area contributed by atoms with Gasteiger partial charge in [0.25, 0.3) is 0 Å². The topological polar surface area (TPSA) is 38.3 Å². The fraction of sp³-hybridized carbons (Fsp3) is 0.952. The van der Waals surface area contributed by atoms with Gasteiger partial charge in [0.1, 0.15) is 6.10 Å². The third-order valence-electron chi connectivity index (χ3n) is 4.94. The lowest BCUT2D eigenvalue weighted by molar-refractivity contribution is -0.153. The van der Waals surface area contributed by atoms with Gasteiger partial charge in [-0.1, -0.05) is 58.3 Å². The minimum absolute atomic E-state index is 0.00329. The molecule has 0 saturated carbocycles. The maximum atomic E-state index is 12.1. The second-order valence-electron chi connectivity index (χ2n) is 8.99. The molecule has 0 radical (unpaired) electrons. The number of piperidine rings is 1. The Labute approximate surface area is 150 Å². The van der Waals surface area contributed by atoms with Gasteiger partial charge < -0.3 is 10.1 Å². The molecule has 1 fully saturated rings. The van der Waals surface area contributed by atoms with Crippen molar-refractivity contribution < 1.29 is 9.53 Å². The SMILES string of the molecule is CCCCCCCCCCCC(=O)OC1CC(C)(C)NC(C)(C)C1. The molecule has 24 heavy (non-hydrogen) atoms. The molecule has 142 valence electrons. The number of hydrogen-bond donors (Lipinski definition) is 1. The van der Waals surface area contributed by atoms with Crippen molar-refractivity contribution >= 4 is 5.97 Å². The maximum absolute atomic E-state index is 12.1. The minimum atomic E-state index is -0.00329. The number of carbonyl (C=O) groups is 1. The van der Waals surface area contributed by atoms with E-state index < -0.39 is 0 Å². The summed E-state index contributed by atoms with van der Waals surface area (Å²) in [6, 6.07) is 0. The quantitative estimate of drug-likeness (QED) is 0.384. The average Bonchev–Trinajstić information content (AvgIpc) is 2.42. The summed E-state index contributed by atoms with van der Waals surface area (Å²) in [7, 11) is 0. The summed E-state index contributed by atoms with van der Waals surface area (Å²) in [5, 5.41) is 3.63. The van der Waals surface area contributed by atoms with Crippen LogP contribution in [-0.2, 0) is 9.53 Å². The Bertz CT molecular complexity index is 347. The number of rotatable bonds is 11. The summed E-state index contributed by atoms with van der Waals surface area (Å²) in [5.41, 5.74) is 0.0644. The van der Waals surface area contributed by atoms with Gasteiger partial charge in [-0.3, -0.25) is 4.79 Å². The highest BCUT2D eigenvalue weighted by Crippen LogP contribution is 2.30. The number of esters is 1. The monoisotopic (exact) mass is 339 g/mol. The van der Waals surface area contributed by atoms with Crippen molar-refractivity contribution in [3.8, 4) is 0 Å². The first-order chi connectivity index (χ1) is 11.2. The largest absolute Gasteiger partial charge is 0.462 e. The molecule has 3 nitrogen and oxygen atoms in total. The fourth-order valence-corrected chi connectivity index (χ4v) is 4.14. The molecule has 0 unspecified atom stereocenters. The Hall–Kier alpha value is -0.570. The van der Waals surface area contributed by atoms with Crippen LogP contribution in [0.3, 0.4) is 0 Å². The highest BCUT2D eigenvalue weighted by atomic mass is 16.5. The minimum Gasteiger partial charge on any atom is -0.462 e. The summed E-state index contributed by atoms with van der Waals surface area (Å²) < 4.78 is 5.76. The van der Waals surface area contributed by atoms with Crippen molar-refractivity contribution in [2.75, 3.05) is 0 Å². The predicted octanol–water partition coefficient (Wildman–Crippen LogP) is 5.76. The molecule has 1 N–H and O–H groups in total. The van der Waals surface area contributed by atoms with Gasteiger partial charge >= 0.3 is 5.97 Å². The van der Waals surface area contributed by atoms with Gasteiger partial charge in [-0.2, -0.15) is 0 Å². The van der Waals surface area contributed by atoms with Gasteiger partial charge in [0.05, 0.1) is 0 Å². The van der Waals surface area contributed by atoms with Crippen LogP contribution in [0.15, 0.2) is 0 Å². The standard InChI is InChI=1S/C21H41NO2/c1-6-7-8-9-10-11-12-13-14-15-19(23)24-18-16-20(2,3)22-21(4,5)17-18/h18,22H,6-17H2,1-5H3. The van der Waals surface area contributed by atoms with Crippen LogP contribution in [0, 0.1) is 0 Å². The molecule has 1 rings (SSSR count). The number of nitrogens with one attached hydrogen (secondary N) is 1. The molecule has 0 aromatic rings. The molecular weight excluding hydrogens is 298 g/mol. The molecule has 1 aliphatic heterocycles. The van der Waals surface area contributed by atoms with E-state index in [1.54, 1.807) is 0 Å². The number of unbranched alkanes of at least 4 members (excludes halogenated alkanes) is 8. The Kier molecular flexibility index (Phi) is 9.33. The summed E-state index contributed by atoms with van der Waals surface area (Å²) in [6.07, 6.45) is 13.9. The third-order valence-corrected chi connectivity index (χ3v) is 4.94. The first-order valence-corrected chi connectivity index (χ1v) is 10.2. The van der Waals surface area contributed by atoms with Gasteiger partial charge in [0.2, 0.25) is 0 Å². The third kappa shape index (κ3) is 9.66. The molecule has 0 aliphatic carbocycles. The first kappa shape index (κ1) is 21.5. The highest BCUT2D eigenvalue weighted by Gasteiger charge is 2.39. The lowest BCUT2D eigenvalue weighted by Gasteiger charge is -2.45. The van der Waals surface area contributed by atoms with Gasteiger partial charge in [0.15, 0.2) is 0 Å². The second kappa shape index (κ2) is 10.4. The molecule has 0 atom stereocenters. The van der Waals surface area contributed by atoms with Crippen LogP contribution in [-0.4, -0.2) is 23.2 Å². The maximum Gasteiger partial charge on any atom is 0.306 e. The molecule has 0 aromatic heterocycles. The zero-order valence-electron chi connectivity index (χ0n) is 16.9. The van der Waals surface area contributed by atoms with E-state index in [1.807, 2.05) is 0 Å². The van der Waals surface area contributed by atoms with E-state index in [2.05, 4.69) is 39.9 Å². The first-order valence-electron chi connectivity index (χ1n) is 10.2. The fourth-order valence-electron chi connectivity index (χ4n) is 4.14. The van der Waals surface area contributed by atoms with Crippen molar-refractivity contribution in [3.05, 3.63) is 0 Å². The highest BCUT2D eigenvalue weighted by molar-refractivity contribution is 5.69. The van der Waals surface area contributed by atoms with E-state index >= 15 is 0 Å². The lowest BCUT2D eigenvalue weighted by atomic mass is 9.81. The van der Waals surface area contributed by atoms with E-state index in [0.717, 1.165) is 25.7 Å². The Balaban J connectivity index is 2.09. The lowest BCUT2D eigenvalue weighted by Crippen LogP contribution is -2.59. The van der Waals surface area contributed by atoms with E-state index in [1.165, 1.54) is 44.9 Å². The van der Waals surface area contributed by atoms with Crippen LogP contribution < -0.4 is 5.32 Å². The molecule has 1 saturated heterocycles. The Morgan fingerprint density at radius 3 is 1.83 bits per heavy atom. The van der Waals surface area contributed by atoms with Crippen molar-refractivity contribution in [2.45, 2.75) is 129 Å². The van der Waals surface area contributed by atoms with Crippen LogP contribution in [0.5, 0.6) is 0 Å². The van der Waals surface area contributed by atoms with Crippen molar-refractivity contribution in [1.82, 2.24) is 5.32 Å². The molecule has 1 aliphatic rings. The summed E-state index contributed by atoms with van der Waals surface area (Å²) in [4.78, 5) is 12.1. The summed E-state index contributed by atoms with van der Waals surface area (Å²) >= 11 is 0. The zero-order valence-corrected chi connectivity index (χ0v) is 16.9. The van der Waals surface area contributed by atoms with Gasteiger partial charge in [-0.15, -0.1) is 0 Å². The zero-order chi connectivity index (χ0) is 18.1. The molecular formula is C21H41NO2. The number of hydrogen-bond acceptors (Lipinski definition) is 3. The van der Waals surface area contributed by atoms with E-state index in [0.29, 0.717) is 6.42 Å². The van der Waals surface area contributed by atoms with Crippen LogP contribution in [0.25, 0.3) is 0 Å². The second-order valence-corrected chi connectivity index (χ2v) is 8.99. The summed E-state index contributed by atoms with van der Waals surface area (Å²) in [5.74, 6) is -0.00329. The van der Waals surface area contributed by atoms with Gasteiger partial charge in [-0.05, 0) is 34.1 Å². The molecule has 0 spiro atoms. The molecule has 0 aromatic carbocycles. The molecule has 1 heterocycles. The van der Waals surface area contributed by atoms with Crippen molar-refractivity contribution in [3.63, 3.8) is 0 Å². The smallest absolute Gasteiger partial charge is 0.306 e. The molecule has 3 heteroatoms. The van der Waals surface area contributed by atoms with Gasteiger partial charge in [-0.25, -0.2) is 0 Å². The molecule has 0 bridgehead atoms. The van der Waals surface area contributed by atoms with E-state index in [9.17, 15) is 4.79 Å². The van der Waals surface area contributed by atoms with E-state index in [-0.39, 0.29) is 23.2 Å². The Morgan fingerprint density at radius 2 is 1.33 bits per heavy atom. The average molecular weight is 340 g/mol.